The van der Waals surface area contributed by atoms with Gasteiger partial charge in [0, 0.05) is 17.3 Å². The van der Waals surface area contributed by atoms with Crippen LogP contribution in [0.2, 0.25) is 0 Å². The third-order valence-corrected chi connectivity index (χ3v) is 3.11. The lowest BCUT2D eigenvalue weighted by Gasteiger charge is -2.07. The first-order valence-corrected chi connectivity index (χ1v) is 5.96. The normalized spacial score (nSPS) is 10.5. The molecule has 0 radical (unpaired) electrons. The van der Waals surface area contributed by atoms with Crippen molar-refractivity contribution in [2.75, 3.05) is 0 Å². The molecule has 0 unspecified atom stereocenters. The maximum atomic E-state index is 12.5. The SMILES string of the molecule is O=Cc1cc2ccccn2c(=O)c1-c1ccccc1. The Labute approximate surface area is 109 Å². The van der Waals surface area contributed by atoms with Gasteiger partial charge in [-0.05, 0) is 23.8 Å². The monoisotopic (exact) mass is 249 g/mol. The van der Waals surface area contributed by atoms with E-state index < -0.39 is 0 Å². The maximum Gasteiger partial charge on any atom is 0.263 e. The lowest BCUT2D eigenvalue weighted by atomic mass is 10.0. The van der Waals surface area contributed by atoms with Crippen LogP contribution in [0.25, 0.3) is 16.6 Å². The summed E-state index contributed by atoms with van der Waals surface area (Å²) in [5, 5.41) is 0. The van der Waals surface area contributed by atoms with Crippen molar-refractivity contribution in [3.05, 3.63) is 76.7 Å². The number of benzene rings is 1. The Morgan fingerprint density at radius 3 is 2.42 bits per heavy atom. The Morgan fingerprint density at radius 1 is 0.947 bits per heavy atom. The van der Waals surface area contributed by atoms with E-state index in [1.54, 1.807) is 22.7 Å². The van der Waals surface area contributed by atoms with Gasteiger partial charge in [-0.15, -0.1) is 0 Å². The van der Waals surface area contributed by atoms with Gasteiger partial charge in [-0.1, -0.05) is 36.4 Å². The summed E-state index contributed by atoms with van der Waals surface area (Å²) in [5.41, 5.74) is 2.16. The number of aldehydes is 1. The molecule has 0 saturated heterocycles. The first-order chi connectivity index (χ1) is 9.31. The van der Waals surface area contributed by atoms with Gasteiger partial charge in [0.2, 0.25) is 0 Å². The zero-order chi connectivity index (χ0) is 13.2. The third kappa shape index (κ3) is 1.85. The van der Waals surface area contributed by atoms with E-state index in [2.05, 4.69) is 0 Å². The molecule has 0 amide bonds. The molecule has 2 aromatic heterocycles. The third-order valence-electron chi connectivity index (χ3n) is 3.11. The predicted octanol–water partition coefficient (Wildman–Crippen LogP) is 2.78. The summed E-state index contributed by atoms with van der Waals surface area (Å²) < 4.78 is 1.55. The number of pyridine rings is 2. The van der Waals surface area contributed by atoms with Gasteiger partial charge in [-0.2, -0.15) is 0 Å². The Morgan fingerprint density at radius 2 is 1.68 bits per heavy atom. The molecule has 19 heavy (non-hydrogen) atoms. The molecule has 0 aliphatic carbocycles. The second-order valence-electron chi connectivity index (χ2n) is 4.26. The summed E-state index contributed by atoms with van der Waals surface area (Å²) in [6, 6.07) is 16.4. The topological polar surface area (TPSA) is 38.5 Å². The van der Waals surface area contributed by atoms with Gasteiger partial charge in [-0.3, -0.25) is 14.0 Å². The first-order valence-electron chi connectivity index (χ1n) is 5.96. The quantitative estimate of drug-likeness (QED) is 0.655. The molecule has 1 aromatic carbocycles. The number of carbonyl (C=O) groups excluding carboxylic acids is 1. The minimum atomic E-state index is -0.175. The van der Waals surface area contributed by atoms with E-state index in [1.807, 2.05) is 42.5 Å². The zero-order valence-electron chi connectivity index (χ0n) is 10.1. The molecule has 3 heteroatoms. The van der Waals surface area contributed by atoms with E-state index in [1.165, 1.54) is 0 Å². The van der Waals surface area contributed by atoms with Crippen molar-refractivity contribution in [3.8, 4) is 11.1 Å². The van der Waals surface area contributed by atoms with Crippen LogP contribution in [0, 0.1) is 0 Å². The molecule has 0 saturated carbocycles. The highest BCUT2D eigenvalue weighted by atomic mass is 16.1. The van der Waals surface area contributed by atoms with Crippen molar-refractivity contribution in [3.63, 3.8) is 0 Å². The number of aromatic nitrogens is 1. The van der Waals surface area contributed by atoms with Gasteiger partial charge in [0.15, 0.2) is 6.29 Å². The molecule has 3 aromatic rings. The van der Waals surface area contributed by atoms with Crippen LogP contribution < -0.4 is 5.56 Å². The van der Waals surface area contributed by atoms with Gasteiger partial charge in [0.05, 0.1) is 5.56 Å². The number of nitrogens with zero attached hydrogens (tertiary/aromatic N) is 1. The van der Waals surface area contributed by atoms with E-state index in [-0.39, 0.29) is 5.56 Å². The van der Waals surface area contributed by atoms with Crippen LogP contribution >= 0.6 is 0 Å². The fraction of sp³-hybridized carbons (Fsp3) is 0. The molecule has 0 aliphatic rings. The average molecular weight is 249 g/mol. The lowest BCUT2D eigenvalue weighted by Crippen LogP contribution is -2.17. The van der Waals surface area contributed by atoms with Gasteiger partial charge in [0.1, 0.15) is 0 Å². The molecule has 3 rings (SSSR count). The molecule has 0 atom stereocenters. The van der Waals surface area contributed by atoms with Crippen molar-refractivity contribution >= 4 is 11.8 Å². The van der Waals surface area contributed by atoms with E-state index in [0.29, 0.717) is 16.6 Å². The minimum absolute atomic E-state index is 0.175. The fourth-order valence-corrected chi connectivity index (χ4v) is 2.22. The van der Waals surface area contributed by atoms with Crippen LogP contribution in [0.15, 0.2) is 65.6 Å². The van der Waals surface area contributed by atoms with Crippen LogP contribution in [-0.4, -0.2) is 10.7 Å². The van der Waals surface area contributed by atoms with Crippen molar-refractivity contribution in [2.24, 2.45) is 0 Å². The molecule has 0 spiro atoms. The maximum absolute atomic E-state index is 12.5. The van der Waals surface area contributed by atoms with Gasteiger partial charge in [0.25, 0.3) is 5.56 Å². The van der Waals surface area contributed by atoms with Crippen molar-refractivity contribution in [1.82, 2.24) is 4.40 Å². The lowest BCUT2D eigenvalue weighted by molar-refractivity contribution is 0.112. The van der Waals surface area contributed by atoms with Crippen LogP contribution in [0.1, 0.15) is 10.4 Å². The number of hydrogen-bond donors (Lipinski definition) is 0. The summed E-state index contributed by atoms with van der Waals surface area (Å²) in [4.78, 5) is 23.8. The zero-order valence-corrected chi connectivity index (χ0v) is 10.1. The predicted molar refractivity (Wildman–Crippen MR) is 74.5 cm³/mol. The van der Waals surface area contributed by atoms with Crippen LogP contribution in [-0.2, 0) is 0 Å². The molecule has 0 aliphatic heterocycles. The van der Waals surface area contributed by atoms with Crippen LogP contribution in [0.3, 0.4) is 0 Å². The Bertz CT molecular complexity index is 804. The largest absolute Gasteiger partial charge is 0.298 e. The Hall–Kier alpha value is -2.68. The fourth-order valence-electron chi connectivity index (χ4n) is 2.22. The smallest absolute Gasteiger partial charge is 0.263 e. The number of carbonyl (C=O) groups is 1. The van der Waals surface area contributed by atoms with Crippen LogP contribution in [0.4, 0.5) is 0 Å². The van der Waals surface area contributed by atoms with E-state index in [9.17, 15) is 9.59 Å². The molecule has 2 heterocycles. The molecular weight excluding hydrogens is 238 g/mol. The second kappa shape index (κ2) is 4.53. The summed E-state index contributed by atoms with van der Waals surface area (Å²) >= 11 is 0. The molecule has 0 bridgehead atoms. The molecule has 3 nitrogen and oxygen atoms in total. The van der Waals surface area contributed by atoms with Crippen molar-refractivity contribution in [2.45, 2.75) is 0 Å². The van der Waals surface area contributed by atoms with E-state index >= 15 is 0 Å². The molecule has 0 N–H and O–H groups in total. The molecule has 92 valence electrons. The summed E-state index contributed by atoms with van der Waals surface area (Å²) in [7, 11) is 0. The van der Waals surface area contributed by atoms with Gasteiger partial charge < -0.3 is 0 Å². The number of hydrogen-bond acceptors (Lipinski definition) is 2. The Kier molecular flexibility index (Phi) is 2.72. The first kappa shape index (κ1) is 11.4. The second-order valence-corrected chi connectivity index (χ2v) is 4.26. The highest BCUT2D eigenvalue weighted by Crippen LogP contribution is 2.19. The molecular formula is C16H11NO2. The average Bonchev–Trinajstić information content (AvgIpc) is 2.48. The van der Waals surface area contributed by atoms with Crippen molar-refractivity contribution < 1.29 is 4.79 Å². The van der Waals surface area contributed by atoms with Gasteiger partial charge in [-0.25, -0.2) is 0 Å². The highest BCUT2D eigenvalue weighted by Gasteiger charge is 2.11. The number of rotatable bonds is 2. The minimum Gasteiger partial charge on any atom is -0.298 e. The van der Waals surface area contributed by atoms with Crippen molar-refractivity contribution in [1.29, 1.82) is 0 Å². The molecule has 0 fully saturated rings. The van der Waals surface area contributed by atoms with E-state index in [4.69, 9.17) is 0 Å². The summed E-state index contributed by atoms with van der Waals surface area (Å²) in [5.74, 6) is 0. The highest BCUT2D eigenvalue weighted by molar-refractivity contribution is 5.89. The number of fused-ring (bicyclic) bond motifs is 1. The Balaban J connectivity index is 2.44. The standard InChI is InChI=1S/C16H11NO2/c18-11-13-10-14-8-4-5-9-17(14)16(19)15(13)12-6-2-1-3-7-12/h1-11H. The van der Waals surface area contributed by atoms with Gasteiger partial charge >= 0.3 is 0 Å². The van der Waals surface area contributed by atoms with E-state index in [0.717, 1.165) is 11.8 Å². The summed E-state index contributed by atoms with van der Waals surface area (Å²) in [6.07, 6.45) is 2.44. The van der Waals surface area contributed by atoms with Crippen LogP contribution in [0.5, 0.6) is 0 Å². The summed E-state index contributed by atoms with van der Waals surface area (Å²) in [6.45, 7) is 0.